The van der Waals surface area contributed by atoms with Crippen molar-refractivity contribution in [2.45, 2.75) is 33.1 Å². The van der Waals surface area contributed by atoms with Crippen LogP contribution < -0.4 is 4.90 Å². The molecule has 1 saturated heterocycles. The maximum absolute atomic E-state index is 6.13. The van der Waals surface area contributed by atoms with Crippen molar-refractivity contribution in [1.29, 1.82) is 0 Å². The summed E-state index contributed by atoms with van der Waals surface area (Å²) in [7, 11) is 0. The van der Waals surface area contributed by atoms with E-state index in [4.69, 9.17) is 28.2 Å². The summed E-state index contributed by atoms with van der Waals surface area (Å²) in [5.41, 5.74) is 3.49. The summed E-state index contributed by atoms with van der Waals surface area (Å²) >= 11 is 12.1. The van der Waals surface area contributed by atoms with Crippen LogP contribution in [0.25, 0.3) is 22.4 Å². The number of piperidine rings is 1. The van der Waals surface area contributed by atoms with Crippen molar-refractivity contribution in [1.82, 2.24) is 20.2 Å². The molecule has 0 amide bonds. The Balaban J connectivity index is 1.63. The van der Waals surface area contributed by atoms with Gasteiger partial charge >= 0.3 is 0 Å². The van der Waals surface area contributed by atoms with Crippen molar-refractivity contribution in [2.24, 2.45) is 5.41 Å². The van der Waals surface area contributed by atoms with Crippen LogP contribution in [-0.4, -0.2) is 33.3 Å². The predicted octanol–water partition coefficient (Wildman–Crippen LogP) is 5.34. The van der Waals surface area contributed by atoms with Crippen LogP contribution in [0.1, 0.15) is 33.1 Å². The topological polar surface area (TPSA) is 57.7 Å². The number of hydrogen-bond acceptors (Lipinski definition) is 4. The lowest BCUT2D eigenvalue weighted by atomic mass is 9.78. The second-order valence-corrected chi connectivity index (χ2v) is 8.09. The average molecular weight is 390 g/mol. The quantitative estimate of drug-likeness (QED) is 0.656. The van der Waals surface area contributed by atoms with E-state index in [0.29, 0.717) is 21.1 Å². The van der Waals surface area contributed by atoms with Gasteiger partial charge in [-0.15, -0.1) is 0 Å². The maximum atomic E-state index is 6.13. The number of hydrogen-bond donors (Lipinski definition) is 1. The van der Waals surface area contributed by atoms with E-state index in [-0.39, 0.29) is 0 Å². The van der Waals surface area contributed by atoms with Gasteiger partial charge in [-0.2, -0.15) is 5.10 Å². The van der Waals surface area contributed by atoms with Crippen molar-refractivity contribution in [3.05, 3.63) is 34.4 Å². The van der Waals surface area contributed by atoms with Gasteiger partial charge in [-0.05, 0) is 30.4 Å². The van der Waals surface area contributed by atoms with E-state index in [1.165, 1.54) is 19.3 Å². The zero-order valence-corrected chi connectivity index (χ0v) is 16.4. The van der Waals surface area contributed by atoms with Crippen LogP contribution in [0.3, 0.4) is 0 Å². The first-order chi connectivity index (χ1) is 12.5. The first-order valence-corrected chi connectivity index (χ1v) is 9.66. The zero-order chi connectivity index (χ0) is 18.3. The van der Waals surface area contributed by atoms with Crippen LogP contribution in [0.5, 0.6) is 0 Å². The molecule has 26 heavy (non-hydrogen) atoms. The predicted molar refractivity (Wildman–Crippen MR) is 107 cm³/mol. The number of halogens is 2. The van der Waals surface area contributed by atoms with Crippen molar-refractivity contribution >= 4 is 40.2 Å². The number of nitrogens with one attached hydrogen (secondary N) is 1. The van der Waals surface area contributed by atoms with Gasteiger partial charge in [-0.25, -0.2) is 9.97 Å². The molecule has 1 aliphatic heterocycles. The molecular weight excluding hydrogens is 369 g/mol. The molecule has 1 aromatic carbocycles. The number of H-pyrrole nitrogens is 1. The third-order valence-electron chi connectivity index (χ3n) is 5.61. The van der Waals surface area contributed by atoms with E-state index in [9.17, 15) is 0 Å². The standard InChI is InChI=1S/C19H21Cl2N5/c1-3-19(2)6-8-26(9-7-19)15-11-22-17-16(24-25-18(17)23-15)12-4-5-13(20)14(21)10-12/h4-5,10-11H,3,6-9H2,1-2H3,(H,23,24,25). The van der Waals surface area contributed by atoms with Gasteiger partial charge in [0.05, 0.1) is 21.9 Å². The molecule has 2 aromatic heterocycles. The smallest absolute Gasteiger partial charge is 0.202 e. The Bertz CT molecular complexity index is 944. The molecule has 0 unspecified atom stereocenters. The summed E-state index contributed by atoms with van der Waals surface area (Å²) in [6, 6.07) is 5.47. The summed E-state index contributed by atoms with van der Waals surface area (Å²) in [4.78, 5) is 11.7. The Labute approximate surface area is 162 Å². The molecule has 0 aliphatic carbocycles. The SMILES string of the molecule is CCC1(C)CCN(c2cnc3c(-c4ccc(Cl)c(Cl)c4)[nH]nc3n2)CC1. The molecule has 1 N–H and O–H groups in total. The number of fused-ring (bicyclic) bond motifs is 1. The molecule has 136 valence electrons. The zero-order valence-electron chi connectivity index (χ0n) is 14.9. The van der Waals surface area contributed by atoms with Gasteiger partial charge in [0.1, 0.15) is 11.3 Å². The summed E-state index contributed by atoms with van der Waals surface area (Å²) < 4.78 is 0. The molecule has 1 aliphatic rings. The van der Waals surface area contributed by atoms with Gasteiger partial charge < -0.3 is 4.90 Å². The number of benzene rings is 1. The molecule has 0 atom stereocenters. The Morgan fingerprint density at radius 2 is 1.96 bits per heavy atom. The Kier molecular flexibility index (Phi) is 4.53. The monoisotopic (exact) mass is 389 g/mol. The molecule has 5 nitrogen and oxygen atoms in total. The van der Waals surface area contributed by atoms with Gasteiger partial charge in [0, 0.05) is 18.7 Å². The maximum Gasteiger partial charge on any atom is 0.202 e. The first-order valence-electron chi connectivity index (χ1n) is 8.90. The molecule has 0 bridgehead atoms. The van der Waals surface area contributed by atoms with E-state index in [2.05, 4.69) is 33.9 Å². The highest BCUT2D eigenvalue weighted by Crippen LogP contribution is 2.36. The molecule has 1 fully saturated rings. The lowest BCUT2D eigenvalue weighted by molar-refractivity contribution is 0.238. The van der Waals surface area contributed by atoms with E-state index < -0.39 is 0 Å². The number of aromatic amines is 1. The Hall–Kier alpha value is -1.85. The molecule has 4 rings (SSSR count). The van der Waals surface area contributed by atoms with Crippen LogP contribution in [0.4, 0.5) is 5.82 Å². The summed E-state index contributed by atoms with van der Waals surface area (Å²) in [6.45, 7) is 6.66. The lowest BCUT2D eigenvalue weighted by Gasteiger charge is -2.39. The van der Waals surface area contributed by atoms with Crippen molar-refractivity contribution in [2.75, 3.05) is 18.0 Å². The fraction of sp³-hybridized carbons (Fsp3) is 0.421. The highest BCUT2D eigenvalue weighted by molar-refractivity contribution is 6.42. The molecule has 0 saturated carbocycles. The molecule has 7 heteroatoms. The lowest BCUT2D eigenvalue weighted by Crippen LogP contribution is -2.38. The van der Waals surface area contributed by atoms with Crippen LogP contribution in [0, 0.1) is 5.41 Å². The number of nitrogens with zero attached hydrogens (tertiary/aromatic N) is 4. The fourth-order valence-electron chi connectivity index (χ4n) is 3.42. The minimum Gasteiger partial charge on any atom is -0.355 e. The third kappa shape index (κ3) is 3.14. The van der Waals surface area contributed by atoms with Crippen LogP contribution in [0.15, 0.2) is 24.4 Å². The number of aromatic nitrogens is 4. The Morgan fingerprint density at radius 1 is 1.19 bits per heavy atom. The highest BCUT2D eigenvalue weighted by Gasteiger charge is 2.29. The molecule has 0 spiro atoms. The van der Waals surface area contributed by atoms with Crippen molar-refractivity contribution in [3.8, 4) is 11.3 Å². The highest BCUT2D eigenvalue weighted by atomic mass is 35.5. The minimum atomic E-state index is 0.446. The Morgan fingerprint density at radius 3 is 2.65 bits per heavy atom. The minimum absolute atomic E-state index is 0.446. The number of anilines is 1. The van der Waals surface area contributed by atoms with Crippen LogP contribution in [-0.2, 0) is 0 Å². The molecule has 3 aromatic rings. The van der Waals surface area contributed by atoms with Crippen molar-refractivity contribution in [3.63, 3.8) is 0 Å². The van der Waals surface area contributed by atoms with Gasteiger partial charge in [0.2, 0.25) is 5.65 Å². The third-order valence-corrected chi connectivity index (χ3v) is 6.35. The van der Waals surface area contributed by atoms with E-state index in [1.54, 1.807) is 6.07 Å². The van der Waals surface area contributed by atoms with Gasteiger partial charge in [-0.1, -0.05) is 49.5 Å². The summed E-state index contributed by atoms with van der Waals surface area (Å²) in [6.07, 6.45) is 5.42. The van der Waals surface area contributed by atoms with Crippen LogP contribution >= 0.6 is 23.2 Å². The van der Waals surface area contributed by atoms with Gasteiger partial charge in [0.15, 0.2) is 0 Å². The molecule has 0 radical (unpaired) electrons. The fourth-order valence-corrected chi connectivity index (χ4v) is 3.72. The largest absolute Gasteiger partial charge is 0.355 e. The summed E-state index contributed by atoms with van der Waals surface area (Å²) in [5, 5.41) is 8.41. The normalized spacial score (nSPS) is 17.0. The van der Waals surface area contributed by atoms with Crippen molar-refractivity contribution < 1.29 is 0 Å². The van der Waals surface area contributed by atoms with Gasteiger partial charge in [-0.3, -0.25) is 5.10 Å². The second kappa shape index (κ2) is 6.71. The van der Waals surface area contributed by atoms with E-state index in [0.717, 1.165) is 35.7 Å². The first kappa shape index (κ1) is 17.6. The molecular formula is C19H21Cl2N5. The van der Waals surface area contributed by atoms with E-state index >= 15 is 0 Å². The summed E-state index contributed by atoms with van der Waals surface area (Å²) in [5.74, 6) is 0.892. The second-order valence-electron chi connectivity index (χ2n) is 7.28. The molecule has 3 heterocycles. The van der Waals surface area contributed by atoms with Gasteiger partial charge in [0.25, 0.3) is 0 Å². The average Bonchev–Trinajstić information content (AvgIpc) is 3.08. The number of rotatable bonds is 3. The van der Waals surface area contributed by atoms with Crippen LogP contribution in [0.2, 0.25) is 10.0 Å². The van der Waals surface area contributed by atoms with E-state index in [1.807, 2.05) is 18.3 Å².